The Labute approximate surface area is 130 Å². The maximum atomic E-state index is 4.69. The summed E-state index contributed by atoms with van der Waals surface area (Å²) in [5.41, 5.74) is 5.48. The Bertz CT molecular complexity index is 773. The molecule has 2 aromatic rings. The second kappa shape index (κ2) is 4.45. The molecular formula is C18H20N4. The van der Waals surface area contributed by atoms with E-state index in [0.717, 1.165) is 24.2 Å². The molecule has 3 aliphatic rings. The Morgan fingerprint density at radius 2 is 2.23 bits per heavy atom. The fourth-order valence-electron chi connectivity index (χ4n) is 4.45. The van der Waals surface area contributed by atoms with E-state index in [1.165, 1.54) is 36.0 Å². The number of fused-ring (bicyclic) bond motifs is 3. The molecule has 4 nitrogen and oxygen atoms in total. The van der Waals surface area contributed by atoms with E-state index in [9.17, 15) is 0 Å². The lowest BCUT2D eigenvalue weighted by atomic mass is 9.90. The summed E-state index contributed by atoms with van der Waals surface area (Å²) in [6.45, 7) is 0.919. The molecule has 22 heavy (non-hydrogen) atoms. The standard InChI is InChI=1S/C18H20N4/c1-22-10-14(8-21-22)17-9-20-18-16(17)6-13(7-19-18)15-5-11-2-3-12(15)4-11/h5-8,10-12,17H,2-4,9H2,1H3,(H,19,20). The van der Waals surface area contributed by atoms with Crippen LogP contribution in [0.2, 0.25) is 0 Å². The molecule has 5 rings (SSSR count). The van der Waals surface area contributed by atoms with Crippen molar-refractivity contribution in [3.05, 3.63) is 47.4 Å². The highest BCUT2D eigenvalue weighted by Gasteiger charge is 2.34. The van der Waals surface area contributed by atoms with E-state index in [1.54, 1.807) is 5.57 Å². The average Bonchev–Trinajstić information content (AvgIpc) is 3.29. The zero-order valence-electron chi connectivity index (χ0n) is 12.8. The van der Waals surface area contributed by atoms with Crippen molar-refractivity contribution in [2.45, 2.75) is 25.2 Å². The Hall–Kier alpha value is -2.10. The van der Waals surface area contributed by atoms with Gasteiger partial charge in [0.05, 0.1) is 6.20 Å². The third kappa shape index (κ3) is 1.76. The van der Waals surface area contributed by atoms with Crippen LogP contribution in [0.5, 0.6) is 0 Å². The van der Waals surface area contributed by atoms with Gasteiger partial charge >= 0.3 is 0 Å². The van der Waals surface area contributed by atoms with Gasteiger partial charge in [-0.05, 0) is 53.9 Å². The first-order valence-electron chi connectivity index (χ1n) is 8.22. The zero-order valence-corrected chi connectivity index (χ0v) is 12.8. The highest BCUT2D eigenvalue weighted by molar-refractivity contribution is 5.72. The van der Waals surface area contributed by atoms with Crippen molar-refractivity contribution in [2.24, 2.45) is 18.9 Å². The molecule has 1 fully saturated rings. The monoisotopic (exact) mass is 292 g/mol. The molecule has 112 valence electrons. The van der Waals surface area contributed by atoms with Crippen molar-refractivity contribution in [1.82, 2.24) is 14.8 Å². The number of allylic oxidation sites excluding steroid dienone is 2. The van der Waals surface area contributed by atoms with Crippen molar-refractivity contribution >= 4 is 11.4 Å². The van der Waals surface area contributed by atoms with E-state index in [2.05, 4.69) is 35.0 Å². The predicted molar refractivity (Wildman–Crippen MR) is 86.6 cm³/mol. The van der Waals surface area contributed by atoms with Crippen LogP contribution in [0.4, 0.5) is 5.82 Å². The summed E-state index contributed by atoms with van der Waals surface area (Å²) in [5.74, 6) is 3.01. The van der Waals surface area contributed by atoms with E-state index in [0.29, 0.717) is 5.92 Å². The van der Waals surface area contributed by atoms with Gasteiger partial charge in [0.1, 0.15) is 5.82 Å². The number of nitrogens with zero attached hydrogens (tertiary/aromatic N) is 3. The molecule has 1 saturated carbocycles. The molecule has 0 amide bonds. The molecular weight excluding hydrogens is 272 g/mol. The van der Waals surface area contributed by atoms with Gasteiger partial charge in [0.25, 0.3) is 0 Å². The van der Waals surface area contributed by atoms with Crippen LogP contribution in [-0.4, -0.2) is 21.3 Å². The lowest BCUT2D eigenvalue weighted by Crippen LogP contribution is -2.03. The molecule has 4 heteroatoms. The highest BCUT2D eigenvalue weighted by atomic mass is 15.2. The molecule has 2 bridgehead atoms. The van der Waals surface area contributed by atoms with E-state index in [4.69, 9.17) is 4.98 Å². The van der Waals surface area contributed by atoms with Crippen molar-refractivity contribution in [3.63, 3.8) is 0 Å². The molecule has 0 radical (unpaired) electrons. The third-order valence-electron chi connectivity index (χ3n) is 5.56. The van der Waals surface area contributed by atoms with Gasteiger partial charge in [0.15, 0.2) is 0 Å². The number of nitrogens with one attached hydrogen (secondary N) is 1. The lowest BCUT2D eigenvalue weighted by molar-refractivity contribution is 0.695. The van der Waals surface area contributed by atoms with Gasteiger partial charge in [-0.1, -0.05) is 6.08 Å². The molecule has 3 heterocycles. The fraction of sp³-hybridized carbons (Fsp3) is 0.444. The number of anilines is 1. The van der Waals surface area contributed by atoms with Crippen molar-refractivity contribution in [2.75, 3.05) is 11.9 Å². The Morgan fingerprint density at radius 1 is 1.27 bits per heavy atom. The fourth-order valence-corrected chi connectivity index (χ4v) is 4.45. The van der Waals surface area contributed by atoms with Crippen LogP contribution >= 0.6 is 0 Å². The van der Waals surface area contributed by atoms with Crippen LogP contribution in [0, 0.1) is 11.8 Å². The van der Waals surface area contributed by atoms with Crippen LogP contribution < -0.4 is 5.32 Å². The third-order valence-corrected chi connectivity index (χ3v) is 5.56. The van der Waals surface area contributed by atoms with Crippen molar-refractivity contribution < 1.29 is 0 Å². The lowest BCUT2D eigenvalue weighted by Gasteiger charge is -2.15. The number of rotatable bonds is 2. The smallest absolute Gasteiger partial charge is 0.129 e. The minimum absolute atomic E-state index is 0.371. The molecule has 0 spiro atoms. The zero-order chi connectivity index (χ0) is 14.7. The molecule has 1 aliphatic heterocycles. The van der Waals surface area contributed by atoms with E-state index >= 15 is 0 Å². The summed E-state index contributed by atoms with van der Waals surface area (Å²) < 4.78 is 1.88. The number of pyridine rings is 1. The topological polar surface area (TPSA) is 42.7 Å². The predicted octanol–water partition coefficient (Wildman–Crippen LogP) is 3.19. The highest BCUT2D eigenvalue weighted by Crippen LogP contribution is 2.48. The van der Waals surface area contributed by atoms with Gasteiger partial charge in [-0.3, -0.25) is 4.68 Å². The molecule has 0 aromatic carbocycles. The van der Waals surface area contributed by atoms with Crippen LogP contribution in [0.25, 0.3) is 5.57 Å². The maximum Gasteiger partial charge on any atom is 0.129 e. The quantitative estimate of drug-likeness (QED) is 0.924. The van der Waals surface area contributed by atoms with Crippen LogP contribution in [0.1, 0.15) is 41.9 Å². The first-order chi connectivity index (χ1) is 10.8. The van der Waals surface area contributed by atoms with Gasteiger partial charge in [0, 0.05) is 37.5 Å². The SMILES string of the molecule is Cn1cc(C2CNc3ncc(C4=CC5CCC4C5)cc32)cn1. The van der Waals surface area contributed by atoms with Crippen LogP contribution in [0.15, 0.2) is 30.7 Å². The van der Waals surface area contributed by atoms with Gasteiger partial charge in [-0.2, -0.15) is 5.10 Å². The van der Waals surface area contributed by atoms with Crippen LogP contribution in [-0.2, 0) is 7.05 Å². The number of hydrogen-bond acceptors (Lipinski definition) is 3. The molecule has 3 unspecified atom stereocenters. The van der Waals surface area contributed by atoms with Gasteiger partial charge in [-0.15, -0.1) is 0 Å². The molecule has 2 aliphatic carbocycles. The largest absolute Gasteiger partial charge is 0.369 e. The number of aryl methyl sites for hydroxylation is 1. The second-order valence-electron chi connectivity index (χ2n) is 6.93. The van der Waals surface area contributed by atoms with Crippen LogP contribution in [0.3, 0.4) is 0 Å². The first kappa shape index (κ1) is 12.4. The van der Waals surface area contributed by atoms with Gasteiger partial charge in [0.2, 0.25) is 0 Å². The molecule has 1 N–H and O–H groups in total. The Morgan fingerprint density at radius 3 is 2.95 bits per heavy atom. The van der Waals surface area contributed by atoms with E-state index in [1.807, 2.05) is 17.9 Å². The summed E-state index contributed by atoms with van der Waals surface area (Å²) in [6.07, 6.45) is 12.7. The number of hydrogen-bond donors (Lipinski definition) is 1. The second-order valence-corrected chi connectivity index (χ2v) is 6.93. The average molecular weight is 292 g/mol. The van der Waals surface area contributed by atoms with E-state index < -0.39 is 0 Å². The Kier molecular flexibility index (Phi) is 2.52. The summed E-state index contributed by atoms with van der Waals surface area (Å²) in [4.78, 5) is 4.69. The van der Waals surface area contributed by atoms with Crippen molar-refractivity contribution in [1.29, 1.82) is 0 Å². The maximum absolute atomic E-state index is 4.69. The van der Waals surface area contributed by atoms with Gasteiger partial charge in [-0.25, -0.2) is 4.98 Å². The number of aromatic nitrogens is 3. The molecule has 3 atom stereocenters. The summed E-state index contributed by atoms with van der Waals surface area (Å²) in [5, 5.41) is 7.76. The van der Waals surface area contributed by atoms with Crippen molar-refractivity contribution in [3.8, 4) is 0 Å². The summed E-state index contributed by atoms with van der Waals surface area (Å²) >= 11 is 0. The Balaban J connectivity index is 1.55. The first-order valence-corrected chi connectivity index (χ1v) is 8.22. The van der Waals surface area contributed by atoms with E-state index in [-0.39, 0.29) is 0 Å². The summed E-state index contributed by atoms with van der Waals surface area (Å²) in [7, 11) is 1.97. The minimum atomic E-state index is 0.371. The normalized spacial score (nSPS) is 28.6. The molecule has 2 aromatic heterocycles. The minimum Gasteiger partial charge on any atom is -0.369 e. The summed E-state index contributed by atoms with van der Waals surface area (Å²) in [6, 6.07) is 2.37. The van der Waals surface area contributed by atoms with Gasteiger partial charge < -0.3 is 5.32 Å². The molecule has 0 saturated heterocycles.